The van der Waals surface area contributed by atoms with E-state index in [4.69, 9.17) is 21.6 Å². The van der Waals surface area contributed by atoms with Crippen molar-refractivity contribution in [3.8, 4) is 17.0 Å². The largest absolute Gasteiger partial charge is 0.489 e. The molecule has 1 heterocycles. The van der Waals surface area contributed by atoms with Gasteiger partial charge in [-0.1, -0.05) is 29.4 Å². The van der Waals surface area contributed by atoms with Gasteiger partial charge in [-0.25, -0.2) is 4.85 Å². The van der Waals surface area contributed by atoms with Gasteiger partial charge in [-0.05, 0) is 29.8 Å². The smallest absolute Gasteiger partial charge is 0.187 e. The Labute approximate surface area is 127 Å². The normalized spacial score (nSPS) is 10.1. The van der Waals surface area contributed by atoms with Crippen molar-refractivity contribution in [3.63, 3.8) is 0 Å². The lowest BCUT2D eigenvalue weighted by Gasteiger charge is -2.07. The number of hydrogen-bond donors (Lipinski definition) is 1. The Hall–Kier alpha value is -3.26. The number of nitrogens with two attached hydrogens (primary N) is 1. The van der Waals surface area contributed by atoms with E-state index in [2.05, 4.69) is 10.0 Å². The number of hydrogen-bond acceptors (Lipinski definition) is 4. The lowest BCUT2D eigenvalue weighted by atomic mass is 10.1. The Balaban J connectivity index is 1.66. The minimum Gasteiger partial charge on any atom is -0.489 e. The van der Waals surface area contributed by atoms with Crippen molar-refractivity contribution in [2.45, 2.75) is 6.61 Å². The topological polar surface area (TPSA) is 65.6 Å². The first-order valence-corrected chi connectivity index (χ1v) is 6.66. The number of rotatable bonds is 4. The molecule has 0 saturated heterocycles. The molecule has 0 fully saturated rings. The molecule has 0 aliphatic carbocycles. The predicted molar refractivity (Wildman–Crippen MR) is 83.4 cm³/mol. The predicted octanol–water partition coefficient (Wildman–Crippen LogP) is 4.05. The van der Waals surface area contributed by atoms with Gasteiger partial charge in [0.05, 0.1) is 6.57 Å². The van der Waals surface area contributed by atoms with Crippen molar-refractivity contribution in [1.82, 2.24) is 5.16 Å². The first-order valence-electron chi connectivity index (χ1n) is 6.66. The average Bonchev–Trinajstić information content (AvgIpc) is 3.00. The maximum Gasteiger partial charge on any atom is 0.187 e. The van der Waals surface area contributed by atoms with E-state index in [9.17, 15) is 0 Å². The summed E-state index contributed by atoms with van der Waals surface area (Å²) in [5, 5.41) is 3.86. The van der Waals surface area contributed by atoms with Crippen molar-refractivity contribution in [2.24, 2.45) is 0 Å². The molecule has 0 amide bonds. The molecular weight excluding hydrogens is 278 g/mol. The molecule has 0 aliphatic rings. The molecule has 3 rings (SSSR count). The summed E-state index contributed by atoms with van der Waals surface area (Å²) in [5.41, 5.74) is 9.40. The van der Waals surface area contributed by atoms with E-state index in [1.165, 1.54) is 6.26 Å². The Morgan fingerprint density at radius 2 is 1.82 bits per heavy atom. The van der Waals surface area contributed by atoms with E-state index >= 15 is 0 Å². The Morgan fingerprint density at radius 3 is 2.41 bits per heavy atom. The van der Waals surface area contributed by atoms with Crippen LogP contribution in [0.1, 0.15) is 5.56 Å². The maximum absolute atomic E-state index is 6.92. The molecule has 3 aromatic rings. The van der Waals surface area contributed by atoms with Gasteiger partial charge in [0.1, 0.15) is 30.0 Å². The Kier molecular flexibility index (Phi) is 3.75. The zero-order valence-electron chi connectivity index (χ0n) is 11.7. The second-order valence-electron chi connectivity index (χ2n) is 4.71. The third kappa shape index (κ3) is 2.91. The monoisotopic (exact) mass is 291 g/mol. The second kappa shape index (κ2) is 6.02. The van der Waals surface area contributed by atoms with Crippen LogP contribution < -0.4 is 10.5 Å². The minimum atomic E-state index is 0.448. The molecule has 5 heteroatoms. The number of benzene rings is 2. The first-order chi connectivity index (χ1) is 10.8. The summed E-state index contributed by atoms with van der Waals surface area (Å²) in [7, 11) is 0. The van der Waals surface area contributed by atoms with Gasteiger partial charge in [-0.2, -0.15) is 0 Å². The van der Waals surface area contributed by atoms with Gasteiger partial charge < -0.3 is 15.0 Å². The molecule has 0 saturated carbocycles. The van der Waals surface area contributed by atoms with Crippen LogP contribution in [-0.4, -0.2) is 5.16 Å². The van der Waals surface area contributed by atoms with E-state index in [0.29, 0.717) is 23.7 Å². The van der Waals surface area contributed by atoms with Gasteiger partial charge in [0.15, 0.2) is 5.69 Å². The Bertz CT molecular complexity index is 799. The van der Waals surface area contributed by atoms with Gasteiger partial charge in [-0.15, -0.1) is 0 Å². The summed E-state index contributed by atoms with van der Waals surface area (Å²) in [6.45, 7) is 7.37. The molecule has 0 unspecified atom stereocenters. The fourth-order valence-electron chi connectivity index (χ4n) is 2.01. The van der Waals surface area contributed by atoms with Crippen LogP contribution in [0.4, 0.5) is 11.4 Å². The van der Waals surface area contributed by atoms with Crippen LogP contribution in [0.3, 0.4) is 0 Å². The second-order valence-corrected chi connectivity index (χ2v) is 4.71. The Morgan fingerprint density at radius 1 is 1.09 bits per heavy atom. The fourth-order valence-corrected chi connectivity index (χ4v) is 2.01. The van der Waals surface area contributed by atoms with Crippen LogP contribution in [0.5, 0.6) is 5.75 Å². The molecule has 0 spiro atoms. The summed E-state index contributed by atoms with van der Waals surface area (Å²) in [4.78, 5) is 3.36. The summed E-state index contributed by atoms with van der Waals surface area (Å²) in [6.07, 6.45) is 1.41. The fraction of sp³-hybridized carbons (Fsp3) is 0.0588. The van der Waals surface area contributed by atoms with Crippen LogP contribution in [0, 0.1) is 6.57 Å². The maximum atomic E-state index is 6.92. The van der Waals surface area contributed by atoms with Crippen molar-refractivity contribution in [3.05, 3.63) is 71.8 Å². The number of anilines is 1. The van der Waals surface area contributed by atoms with Gasteiger partial charge in [0, 0.05) is 5.56 Å². The van der Waals surface area contributed by atoms with Gasteiger partial charge in [-0.3, -0.25) is 0 Å². The van der Waals surface area contributed by atoms with Gasteiger partial charge in [0.25, 0.3) is 0 Å². The SMILES string of the molecule is [C-]#[N+]c1ccc(COc2ccc(-c3nocc3N)cc2)cc1. The minimum absolute atomic E-state index is 0.448. The molecule has 0 bridgehead atoms. The molecule has 5 nitrogen and oxygen atoms in total. The highest BCUT2D eigenvalue weighted by atomic mass is 16.5. The molecule has 108 valence electrons. The van der Waals surface area contributed by atoms with Crippen LogP contribution in [0.25, 0.3) is 16.1 Å². The number of ether oxygens (including phenoxy) is 1. The highest BCUT2D eigenvalue weighted by Crippen LogP contribution is 2.26. The van der Waals surface area contributed by atoms with Crippen molar-refractivity contribution >= 4 is 11.4 Å². The van der Waals surface area contributed by atoms with E-state index < -0.39 is 0 Å². The summed E-state index contributed by atoms with van der Waals surface area (Å²) < 4.78 is 10.5. The zero-order chi connectivity index (χ0) is 15.4. The quantitative estimate of drug-likeness (QED) is 0.736. The summed E-state index contributed by atoms with van der Waals surface area (Å²) in [6, 6.07) is 14.8. The lowest BCUT2D eigenvalue weighted by Crippen LogP contribution is -1.95. The van der Waals surface area contributed by atoms with E-state index in [-0.39, 0.29) is 0 Å². The van der Waals surface area contributed by atoms with Gasteiger partial charge >= 0.3 is 0 Å². The van der Waals surface area contributed by atoms with E-state index in [1.807, 2.05) is 36.4 Å². The number of aromatic nitrogens is 1. The first kappa shape index (κ1) is 13.7. The molecule has 0 radical (unpaired) electrons. The third-order valence-corrected chi connectivity index (χ3v) is 3.20. The molecular formula is C17H13N3O2. The van der Waals surface area contributed by atoms with Crippen molar-refractivity contribution in [1.29, 1.82) is 0 Å². The van der Waals surface area contributed by atoms with Crippen LogP contribution in [0.2, 0.25) is 0 Å². The molecule has 0 aliphatic heterocycles. The van der Waals surface area contributed by atoms with Crippen molar-refractivity contribution in [2.75, 3.05) is 5.73 Å². The average molecular weight is 291 g/mol. The van der Waals surface area contributed by atoms with E-state index in [0.717, 1.165) is 16.9 Å². The van der Waals surface area contributed by atoms with Crippen molar-refractivity contribution < 1.29 is 9.26 Å². The van der Waals surface area contributed by atoms with E-state index in [1.54, 1.807) is 12.1 Å². The van der Waals surface area contributed by atoms with Crippen LogP contribution >= 0.6 is 0 Å². The highest BCUT2D eigenvalue weighted by molar-refractivity contribution is 5.71. The standard InChI is InChI=1S/C17H13N3O2/c1-19-14-6-2-12(3-7-14)10-21-15-8-4-13(5-9-15)17-16(18)11-22-20-17/h2-9,11H,10,18H2. The zero-order valence-corrected chi connectivity index (χ0v) is 11.7. The van der Waals surface area contributed by atoms with Crippen LogP contribution in [-0.2, 0) is 6.61 Å². The number of nitrogen functional groups attached to an aromatic ring is 1. The molecule has 1 aromatic heterocycles. The molecule has 22 heavy (non-hydrogen) atoms. The third-order valence-electron chi connectivity index (χ3n) is 3.20. The van der Waals surface area contributed by atoms with Crippen LogP contribution in [0.15, 0.2) is 59.3 Å². The molecule has 2 N–H and O–H groups in total. The summed E-state index contributed by atoms with van der Waals surface area (Å²) >= 11 is 0. The lowest BCUT2D eigenvalue weighted by molar-refractivity contribution is 0.306. The number of nitrogens with zero attached hydrogens (tertiary/aromatic N) is 2. The molecule has 2 aromatic carbocycles. The van der Waals surface area contributed by atoms with Gasteiger partial charge in [0.2, 0.25) is 0 Å². The highest BCUT2D eigenvalue weighted by Gasteiger charge is 2.07. The molecule has 0 atom stereocenters. The summed E-state index contributed by atoms with van der Waals surface area (Å²) in [5.74, 6) is 0.750.